The number of aliphatic hydroxyl groups is 1. The Kier molecular flexibility index (Phi) is 5.87. The molecule has 0 saturated carbocycles. The monoisotopic (exact) mass is 335 g/mol. The van der Waals surface area contributed by atoms with Crippen LogP contribution in [0.2, 0.25) is 0 Å². The third-order valence-electron chi connectivity index (χ3n) is 3.43. The van der Waals surface area contributed by atoms with Crippen LogP contribution in [0.15, 0.2) is 54.6 Å². The van der Waals surface area contributed by atoms with E-state index in [1.807, 2.05) is 6.07 Å². The fraction of sp³-hybridized carbons (Fsp3) is 0.278. The number of rotatable bonds is 7. The Balaban J connectivity index is 2.05. The van der Waals surface area contributed by atoms with E-state index in [1.165, 1.54) is 6.07 Å². The van der Waals surface area contributed by atoms with Crippen LogP contribution in [0.3, 0.4) is 0 Å². The lowest BCUT2D eigenvalue weighted by atomic mass is 9.92. The van der Waals surface area contributed by atoms with Crippen molar-refractivity contribution in [3.8, 4) is 5.75 Å². The van der Waals surface area contributed by atoms with Gasteiger partial charge in [-0.25, -0.2) is 8.78 Å². The van der Waals surface area contributed by atoms with Crippen molar-refractivity contribution in [1.82, 2.24) is 0 Å². The number of carbonyl (C=O) groups excluding carboxylic acids is 1. The van der Waals surface area contributed by atoms with Crippen LogP contribution in [0, 0.1) is 0 Å². The molecule has 4 nitrogen and oxygen atoms in total. The van der Waals surface area contributed by atoms with Crippen LogP contribution in [-0.2, 0) is 10.4 Å². The summed E-state index contributed by atoms with van der Waals surface area (Å²) in [5.41, 5.74) is -0.446. The summed E-state index contributed by atoms with van der Waals surface area (Å²) in [6.45, 7) is 0.787. The van der Waals surface area contributed by atoms with E-state index >= 15 is 0 Å². The van der Waals surface area contributed by atoms with Gasteiger partial charge in [-0.1, -0.05) is 42.5 Å². The second kappa shape index (κ2) is 7.88. The number of alkyl halides is 2. The Morgan fingerprint density at radius 3 is 2.46 bits per heavy atom. The molecule has 0 bridgehead atoms. The molecule has 0 radical (unpaired) electrons. The maximum absolute atomic E-state index is 12.3. The van der Waals surface area contributed by atoms with Crippen LogP contribution in [0.1, 0.15) is 18.9 Å². The number of hydrogen-bond donors (Lipinski definition) is 2. The highest BCUT2D eigenvalue weighted by Gasteiger charge is 2.26. The third-order valence-corrected chi connectivity index (χ3v) is 3.43. The van der Waals surface area contributed by atoms with Gasteiger partial charge in [0.2, 0.25) is 5.91 Å². The number of hydrogen-bond acceptors (Lipinski definition) is 3. The molecule has 0 spiro atoms. The van der Waals surface area contributed by atoms with Gasteiger partial charge in [0.15, 0.2) is 0 Å². The minimum atomic E-state index is -2.60. The van der Waals surface area contributed by atoms with Gasteiger partial charge >= 0.3 is 0 Å². The standard InChI is InChI=1S/C18H19F2NO3/c1-18(23,13-7-3-2-4-8-13)11-17(22)21-14-9-5-6-10-15(14)24-12-16(19)20/h2-10,16,23H,11-12H2,1H3,(H,21,22). The Bertz CT molecular complexity index is 675. The molecule has 0 fully saturated rings. The summed E-state index contributed by atoms with van der Waals surface area (Å²) in [5.74, 6) is -0.289. The minimum absolute atomic E-state index is 0.158. The molecule has 1 unspecified atom stereocenters. The second-order valence-electron chi connectivity index (χ2n) is 5.56. The molecule has 0 heterocycles. The summed E-state index contributed by atoms with van der Waals surface area (Å²) in [6, 6.07) is 15.1. The first kappa shape index (κ1) is 17.9. The number of para-hydroxylation sites is 2. The Morgan fingerprint density at radius 2 is 1.79 bits per heavy atom. The molecule has 24 heavy (non-hydrogen) atoms. The van der Waals surface area contributed by atoms with Crippen LogP contribution in [-0.4, -0.2) is 24.0 Å². The predicted octanol–water partition coefficient (Wildman–Crippen LogP) is 3.57. The number of halogens is 2. The van der Waals surface area contributed by atoms with Crippen LogP contribution >= 0.6 is 0 Å². The van der Waals surface area contributed by atoms with Gasteiger partial charge in [0.1, 0.15) is 12.4 Å². The van der Waals surface area contributed by atoms with Crippen molar-refractivity contribution < 1.29 is 23.4 Å². The number of amides is 1. The van der Waals surface area contributed by atoms with Gasteiger partial charge < -0.3 is 15.2 Å². The van der Waals surface area contributed by atoms with E-state index in [0.717, 1.165) is 0 Å². The molecular formula is C18H19F2NO3. The highest BCUT2D eigenvalue weighted by Crippen LogP contribution is 2.27. The van der Waals surface area contributed by atoms with E-state index in [2.05, 4.69) is 5.32 Å². The molecular weight excluding hydrogens is 316 g/mol. The molecule has 6 heteroatoms. The quantitative estimate of drug-likeness (QED) is 0.813. The zero-order chi connectivity index (χ0) is 17.6. The van der Waals surface area contributed by atoms with Crippen molar-refractivity contribution in [1.29, 1.82) is 0 Å². The van der Waals surface area contributed by atoms with E-state index in [0.29, 0.717) is 5.56 Å². The molecule has 0 aliphatic rings. The molecule has 2 aromatic carbocycles. The van der Waals surface area contributed by atoms with Crippen LogP contribution < -0.4 is 10.1 Å². The van der Waals surface area contributed by atoms with Gasteiger partial charge in [0.05, 0.1) is 17.7 Å². The lowest BCUT2D eigenvalue weighted by molar-refractivity contribution is -0.120. The fourth-order valence-corrected chi connectivity index (χ4v) is 2.25. The van der Waals surface area contributed by atoms with Crippen molar-refractivity contribution in [2.45, 2.75) is 25.4 Å². The number of carbonyl (C=O) groups is 1. The van der Waals surface area contributed by atoms with Crippen molar-refractivity contribution in [2.75, 3.05) is 11.9 Å². The van der Waals surface area contributed by atoms with E-state index < -0.39 is 24.5 Å². The summed E-state index contributed by atoms with van der Waals surface area (Å²) >= 11 is 0. The van der Waals surface area contributed by atoms with Crippen molar-refractivity contribution in [2.24, 2.45) is 0 Å². The minimum Gasteiger partial charge on any atom is -0.485 e. The Labute approximate surface area is 139 Å². The first-order valence-electron chi connectivity index (χ1n) is 7.46. The molecule has 1 atom stereocenters. The average molecular weight is 335 g/mol. The van der Waals surface area contributed by atoms with Gasteiger partial charge in [0, 0.05) is 0 Å². The molecule has 1 amide bonds. The summed E-state index contributed by atoms with van der Waals surface area (Å²) in [4.78, 5) is 12.2. The normalized spacial score (nSPS) is 13.4. The van der Waals surface area contributed by atoms with Crippen LogP contribution in [0.25, 0.3) is 0 Å². The summed E-state index contributed by atoms with van der Waals surface area (Å²) in [7, 11) is 0. The van der Waals surface area contributed by atoms with Crippen molar-refractivity contribution in [3.63, 3.8) is 0 Å². The smallest absolute Gasteiger partial charge is 0.272 e. The molecule has 0 aromatic heterocycles. The van der Waals surface area contributed by atoms with Gasteiger partial charge in [-0.2, -0.15) is 0 Å². The average Bonchev–Trinajstić information content (AvgIpc) is 2.54. The molecule has 0 saturated heterocycles. The molecule has 2 N–H and O–H groups in total. The number of anilines is 1. The second-order valence-corrected chi connectivity index (χ2v) is 5.56. The Morgan fingerprint density at radius 1 is 1.17 bits per heavy atom. The first-order chi connectivity index (χ1) is 11.4. The Hall–Kier alpha value is -2.47. The van der Waals surface area contributed by atoms with E-state index in [-0.39, 0.29) is 17.9 Å². The SMILES string of the molecule is CC(O)(CC(=O)Nc1ccccc1OCC(F)F)c1ccccc1. The molecule has 128 valence electrons. The van der Waals surface area contributed by atoms with E-state index in [4.69, 9.17) is 4.74 Å². The van der Waals surface area contributed by atoms with E-state index in [1.54, 1.807) is 49.4 Å². The maximum Gasteiger partial charge on any atom is 0.272 e. The van der Waals surface area contributed by atoms with Gasteiger partial charge in [-0.05, 0) is 24.6 Å². The topological polar surface area (TPSA) is 58.6 Å². The van der Waals surface area contributed by atoms with Crippen molar-refractivity contribution >= 4 is 11.6 Å². The lowest BCUT2D eigenvalue weighted by Gasteiger charge is -2.23. The highest BCUT2D eigenvalue weighted by atomic mass is 19.3. The summed E-state index contributed by atoms with van der Waals surface area (Å²) < 4.78 is 29.5. The zero-order valence-electron chi connectivity index (χ0n) is 13.2. The van der Waals surface area contributed by atoms with Gasteiger partial charge in [0.25, 0.3) is 6.43 Å². The fourth-order valence-electron chi connectivity index (χ4n) is 2.25. The highest BCUT2D eigenvalue weighted by molar-refractivity contribution is 5.92. The molecule has 0 aliphatic heterocycles. The number of benzene rings is 2. The largest absolute Gasteiger partial charge is 0.485 e. The van der Waals surface area contributed by atoms with Gasteiger partial charge in [-0.3, -0.25) is 4.79 Å². The zero-order valence-corrected chi connectivity index (χ0v) is 13.2. The maximum atomic E-state index is 12.3. The van der Waals surface area contributed by atoms with E-state index in [9.17, 15) is 18.7 Å². The predicted molar refractivity (Wildman–Crippen MR) is 87.2 cm³/mol. The third kappa shape index (κ3) is 5.03. The van der Waals surface area contributed by atoms with Crippen LogP contribution in [0.5, 0.6) is 5.75 Å². The summed E-state index contributed by atoms with van der Waals surface area (Å²) in [6.07, 6.45) is -2.78. The van der Waals surface area contributed by atoms with Crippen LogP contribution in [0.4, 0.5) is 14.5 Å². The molecule has 2 aromatic rings. The molecule has 2 rings (SSSR count). The number of ether oxygens (including phenoxy) is 1. The summed E-state index contributed by atoms with van der Waals surface area (Å²) in [5, 5.41) is 13.1. The van der Waals surface area contributed by atoms with Gasteiger partial charge in [-0.15, -0.1) is 0 Å². The first-order valence-corrected chi connectivity index (χ1v) is 7.46. The molecule has 0 aliphatic carbocycles. The van der Waals surface area contributed by atoms with Crippen molar-refractivity contribution in [3.05, 3.63) is 60.2 Å². The number of nitrogens with one attached hydrogen (secondary N) is 1. The lowest BCUT2D eigenvalue weighted by Crippen LogP contribution is -2.28.